The van der Waals surface area contributed by atoms with Crippen LogP contribution in [0.2, 0.25) is 0 Å². The highest BCUT2D eigenvalue weighted by Gasteiger charge is 2.31. The Bertz CT molecular complexity index is 311. The molecule has 1 aromatic rings. The highest BCUT2D eigenvalue weighted by Crippen LogP contribution is 2.33. The van der Waals surface area contributed by atoms with Crippen molar-refractivity contribution in [3.05, 3.63) is 23.8 Å². The lowest BCUT2D eigenvalue weighted by molar-refractivity contribution is -0.137. The van der Waals surface area contributed by atoms with Crippen LogP contribution in [0.1, 0.15) is 5.56 Å². The van der Waals surface area contributed by atoms with Crippen LogP contribution in [0.25, 0.3) is 0 Å². The summed E-state index contributed by atoms with van der Waals surface area (Å²) in [5.74, 6) is 4.42. The molecule has 0 radical (unpaired) electrons. The quantitative estimate of drug-likeness (QED) is 0.468. The number of rotatable bonds is 1. The smallest absolute Gasteiger partial charge is 0.416 e. The maximum Gasteiger partial charge on any atom is 0.416 e. The maximum absolute atomic E-state index is 12.1. The molecule has 0 aliphatic heterocycles. The number of nitrogens with one attached hydrogen (secondary N) is 1. The predicted molar refractivity (Wildman–Crippen MR) is 40.9 cm³/mol. The van der Waals surface area contributed by atoms with E-state index in [4.69, 9.17) is 10.9 Å². The van der Waals surface area contributed by atoms with Gasteiger partial charge in [0.15, 0.2) is 0 Å². The van der Waals surface area contributed by atoms with Crippen LogP contribution >= 0.6 is 0 Å². The monoisotopic (exact) mass is 192 g/mol. The van der Waals surface area contributed by atoms with E-state index in [9.17, 15) is 13.2 Å². The fraction of sp³-hybridized carbons (Fsp3) is 0.143. The molecule has 0 bridgehead atoms. The molecular formula is C7H7F3N2O. The lowest BCUT2D eigenvalue weighted by atomic mass is 10.2. The van der Waals surface area contributed by atoms with Crippen LogP contribution in [0.3, 0.4) is 0 Å². The van der Waals surface area contributed by atoms with Crippen LogP contribution in [-0.2, 0) is 6.18 Å². The molecule has 0 atom stereocenters. The van der Waals surface area contributed by atoms with Gasteiger partial charge in [-0.15, -0.1) is 0 Å². The Balaban J connectivity index is 3.16. The molecule has 13 heavy (non-hydrogen) atoms. The Labute approximate surface area is 71.9 Å². The zero-order valence-corrected chi connectivity index (χ0v) is 6.39. The Hall–Kier alpha value is -1.43. The van der Waals surface area contributed by atoms with Crippen molar-refractivity contribution < 1.29 is 18.3 Å². The molecule has 6 heteroatoms. The summed E-state index contributed by atoms with van der Waals surface area (Å²) in [7, 11) is 0. The van der Waals surface area contributed by atoms with Crippen LogP contribution in [0, 0.1) is 0 Å². The number of halogens is 3. The van der Waals surface area contributed by atoms with Gasteiger partial charge in [-0.3, -0.25) is 5.84 Å². The Morgan fingerprint density at radius 2 is 1.85 bits per heavy atom. The van der Waals surface area contributed by atoms with Gasteiger partial charge in [0, 0.05) is 6.07 Å². The summed E-state index contributed by atoms with van der Waals surface area (Å²) in [6.45, 7) is 0. The van der Waals surface area contributed by atoms with E-state index in [0.29, 0.717) is 6.07 Å². The molecule has 0 aliphatic rings. The van der Waals surface area contributed by atoms with Gasteiger partial charge in [-0.05, 0) is 12.1 Å². The topological polar surface area (TPSA) is 58.3 Å². The molecule has 0 aromatic heterocycles. The van der Waals surface area contributed by atoms with Gasteiger partial charge in [0.25, 0.3) is 0 Å². The lowest BCUT2D eigenvalue weighted by Gasteiger charge is -2.09. The first-order valence-corrected chi connectivity index (χ1v) is 3.31. The van der Waals surface area contributed by atoms with Crippen LogP contribution < -0.4 is 11.3 Å². The largest absolute Gasteiger partial charge is 0.508 e. The highest BCUT2D eigenvalue weighted by atomic mass is 19.4. The van der Waals surface area contributed by atoms with Crippen molar-refractivity contribution in [1.29, 1.82) is 0 Å². The van der Waals surface area contributed by atoms with Gasteiger partial charge in [0.1, 0.15) is 5.75 Å². The first-order valence-electron chi connectivity index (χ1n) is 3.31. The van der Waals surface area contributed by atoms with Gasteiger partial charge in [0.05, 0.1) is 11.3 Å². The third-order valence-electron chi connectivity index (χ3n) is 1.41. The number of aromatic hydroxyl groups is 1. The fourth-order valence-electron chi connectivity index (χ4n) is 0.858. The minimum absolute atomic E-state index is 0.00678. The molecule has 1 rings (SSSR count). The molecule has 0 spiro atoms. The van der Waals surface area contributed by atoms with Crippen molar-refractivity contribution in [2.45, 2.75) is 6.18 Å². The Morgan fingerprint density at radius 1 is 1.23 bits per heavy atom. The molecule has 0 aliphatic carbocycles. The van der Waals surface area contributed by atoms with Crippen molar-refractivity contribution in [1.82, 2.24) is 0 Å². The first-order chi connectivity index (χ1) is 5.93. The number of hydrogen-bond donors (Lipinski definition) is 3. The van der Waals surface area contributed by atoms with Crippen molar-refractivity contribution in [3.8, 4) is 5.75 Å². The van der Waals surface area contributed by atoms with Gasteiger partial charge in [-0.1, -0.05) is 0 Å². The standard InChI is InChI=1S/C7H7F3N2O/c8-7(9,10)4-1-5(12-11)3-6(13)2-4/h1-3,12-13H,11H2. The molecule has 4 N–H and O–H groups in total. The molecule has 0 unspecified atom stereocenters. The number of hydrazine groups is 1. The third kappa shape index (κ3) is 2.25. The highest BCUT2D eigenvalue weighted by molar-refractivity contribution is 5.50. The average molecular weight is 192 g/mol. The molecule has 1 aromatic carbocycles. The van der Waals surface area contributed by atoms with Gasteiger partial charge in [0.2, 0.25) is 0 Å². The van der Waals surface area contributed by atoms with Crippen LogP contribution in [0.5, 0.6) is 5.75 Å². The maximum atomic E-state index is 12.1. The molecule has 0 amide bonds. The van der Waals surface area contributed by atoms with Crippen molar-refractivity contribution >= 4 is 5.69 Å². The van der Waals surface area contributed by atoms with E-state index in [-0.39, 0.29) is 5.69 Å². The molecule has 0 saturated heterocycles. The SMILES string of the molecule is NNc1cc(O)cc(C(F)(F)F)c1. The molecule has 0 heterocycles. The fourth-order valence-corrected chi connectivity index (χ4v) is 0.858. The van der Waals surface area contributed by atoms with Crippen LogP contribution in [-0.4, -0.2) is 5.11 Å². The van der Waals surface area contributed by atoms with Crippen molar-refractivity contribution in [3.63, 3.8) is 0 Å². The van der Waals surface area contributed by atoms with Crippen LogP contribution in [0.4, 0.5) is 18.9 Å². The molecule has 3 nitrogen and oxygen atoms in total. The van der Waals surface area contributed by atoms with Crippen molar-refractivity contribution in [2.75, 3.05) is 5.43 Å². The molecular weight excluding hydrogens is 185 g/mol. The number of nitrogen functional groups attached to an aromatic ring is 1. The summed E-state index contributed by atoms with van der Waals surface area (Å²) in [6.07, 6.45) is -4.48. The van der Waals surface area contributed by atoms with E-state index in [1.165, 1.54) is 0 Å². The molecule has 0 saturated carbocycles. The summed E-state index contributed by atoms with van der Waals surface area (Å²) in [5, 5.41) is 8.89. The van der Waals surface area contributed by atoms with E-state index in [1.807, 2.05) is 5.43 Å². The zero-order valence-electron chi connectivity index (χ0n) is 6.39. The molecule has 72 valence electrons. The summed E-state index contributed by atoms with van der Waals surface area (Å²) < 4.78 is 36.3. The first kappa shape index (κ1) is 9.66. The summed E-state index contributed by atoms with van der Waals surface area (Å²) in [4.78, 5) is 0. The second-order valence-corrected chi connectivity index (χ2v) is 2.41. The van der Waals surface area contributed by atoms with Gasteiger partial charge in [-0.2, -0.15) is 13.2 Å². The average Bonchev–Trinajstić information content (AvgIpc) is 2.01. The number of phenols is 1. The number of anilines is 1. The minimum Gasteiger partial charge on any atom is -0.508 e. The van der Waals surface area contributed by atoms with Gasteiger partial charge in [-0.25, -0.2) is 0 Å². The lowest BCUT2D eigenvalue weighted by Crippen LogP contribution is -2.09. The second kappa shape index (κ2) is 3.14. The Kier molecular flexibility index (Phi) is 2.33. The summed E-state index contributed by atoms with van der Waals surface area (Å²) in [6, 6.07) is 2.52. The number of benzene rings is 1. The van der Waals surface area contributed by atoms with E-state index in [0.717, 1.165) is 12.1 Å². The van der Waals surface area contributed by atoms with Crippen LogP contribution in [0.15, 0.2) is 18.2 Å². The Morgan fingerprint density at radius 3 is 2.31 bits per heavy atom. The zero-order chi connectivity index (χ0) is 10.1. The van der Waals surface area contributed by atoms with Gasteiger partial charge < -0.3 is 10.5 Å². The summed E-state index contributed by atoms with van der Waals surface area (Å²) >= 11 is 0. The second-order valence-electron chi connectivity index (χ2n) is 2.41. The predicted octanol–water partition coefficient (Wildman–Crippen LogP) is 1.70. The number of hydrogen-bond acceptors (Lipinski definition) is 3. The third-order valence-corrected chi connectivity index (χ3v) is 1.41. The molecule has 0 fully saturated rings. The normalized spacial score (nSPS) is 11.4. The number of phenolic OH excluding ortho intramolecular Hbond substituents is 1. The van der Waals surface area contributed by atoms with E-state index < -0.39 is 17.5 Å². The minimum atomic E-state index is -4.48. The number of nitrogens with two attached hydrogens (primary N) is 1. The summed E-state index contributed by atoms with van der Waals surface area (Å²) in [5.41, 5.74) is 1.08. The van der Waals surface area contributed by atoms with Gasteiger partial charge >= 0.3 is 6.18 Å². The van der Waals surface area contributed by atoms with E-state index >= 15 is 0 Å². The number of alkyl halides is 3. The van der Waals surface area contributed by atoms with Crippen molar-refractivity contribution in [2.24, 2.45) is 5.84 Å². The van der Waals surface area contributed by atoms with E-state index in [1.54, 1.807) is 0 Å². The van der Waals surface area contributed by atoms with E-state index in [2.05, 4.69) is 0 Å².